The van der Waals surface area contributed by atoms with E-state index in [2.05, 4.69) is 34.5 Å². The van der Waals surface area contributed by atoms with Gasteiger partial charge in [-0.25, -0.2) is 0 Å². The number of rotatable bonds is 4. The zero-order chi connectivity index (χ0) is 15.4. The van der Waals surface area contributed by atoms with Crippen LogP contribution < -0.4 is 5.32 Å². The number of fused-ring (bicyclic) bond motifs is 1. The molecule has 0 saturated heterocycles. The van der Waals surface area contributed by atoms with Gasteiger partial charge < -0.3 is 5.32 Å². The summed E-state index contributed by atoms with van der Waals surface area (Å²) in [6, 6.07) is 15.7. The number of halogens is 1. The first-order valence-corrected chi connectivity index (χ1v) is 7.94. The van der Waals surface area contributed by atoms with Crippen molar-refractivity contribution in [3.63, 3.8) is 0 Å². The maximum atomic E-state index is 12.1. The summed E-state index contributed by atoms with van der Waals surface area (Å²) in [4.78, 5) is 14.5. The number of hydrogen-bond acceptors (Lipinski definition) is 2. The molecule has 0 saturated carbocycles. The summed E-state index contributed by atoms with van der Waals surface area (Å²) in [5.74, 6) is -0.108. The molecule has 0 bridgehead atoms. The fraction of sp³-hybridized carbons (Fsp3) is 0.278. The number of nitrogens with one attached hydrogen (secondary N) is 1. The Morgan fingerprint density at radius 1 is 1.09 bits per heavy atom. The summed E-state index contributed by atoms with van der Waals surface area (Å²) in [5, 5.41) is 3.44. The molecule has 4 heteroatoms. The molecule has 0 spiro atoms. The molecular weight excluding hydrogens is 296 g/mol. The molecular formula is C18H19ClN2O. The van der Waals surface area contributed by atoms with Gasteiger partial charge in [0.1, 0.15) is 0 Å². The molecule has 0 radical (unpaired) electrons. The molecule has 0 unspecified atom stereocenters. The monoisotopic (exact) mass is 314 g/mol. The first kappa shape index (κ1) is 15.1. The standard InChI is InChI=1S/C18H19ClN2O/c19-17-8-4-3-7-16(17)18(22)20-10-12-21-11-9-14-5-1-2-6-15(14)13-21/h1-8H,9-13H2,(H,20,22). The minimum atomic E-state index is -0.108. The minimum Gasteiger partial charge on any atom is -0.351 e. The highest BCUT2D eigenvalue weighted by atomic mass is 35.5. The number of benzene rings is 2. The Balaban J connectivity index is 1.50. The van der Waals surface area contributed by atoms with Crippen LogP contribution in [-0.2, 0) is 13.0 Å². The second-order valence-corrected chi connectivity index (χ2v) is 5.94. The molecule has 2 aromatic rings. The molecule has 3 rings (SSSR count). The summed E-state index contributed by atoms with van der Waals surface area (Å²) in [6.45, 7) is 3.48. The number of nitrogens with zero attached hydrogens (tertiary/aromatic N) is 1. The molecule has 3 nitrogen and oxygen atoms in total. The summed E-state index contributed by atoms with van der Waals surface area (Å²) >= 11 is 6.03. The van der Waals surface area contributed by atoms with Gasteiger partial charge in [-0.3, -0.25) is 9.69 Å². The Kier molecular flexibility index (Phi) is 4.76. The fourth-order valence-corrected chi connectivity index (χ4v) is 3.03. The lowest BCUT2D eigenvalue weighted by Crippen LogP contribution is -2.37. The van der Waals surface area contributed by atoms with E-state index in [1.54, 1.807) is 12.1 Å². The van der Waals surface area contributed by atoms with Crippen LogP contribution in [0.3, 0.4) is 0 Å². The lowest BCUT2D eigenvalue weighted by molar-refractivity contribution is 0.0947. The first-order valence-electron chi connectivity index (χ1n) is 7.56. The van der Waals surface area contributed by atoms with Gasteiger partial charge in [0, 0.05) is 26.2 Å². The van der Waals surface area contributed by atoms with Crippen LogP contribution >= 0.6 is 11.6 Å². The third kappa shape index (κ3) is 3.49. The van der Waals surface area contributed by atoms with Gasteiger partial charge >= 0.3 is 0 Å². The quantitative estimate of drug-likeness (QED) is 0.940. The van der Waals surface area contributed by atoms with Crippen molar-refractivity contribution in [3.8, 4) is 0 Å². The van der Waals surface area contributed by atoms with Crippen LogP contribution in [-0.4, -0.2) is 30.4 Å². The molecule has 1 aliphatic rings. The Morgan fingerprint density at radius 3 is 2.64 bits per heavy atom. The third-order valence-electron chi connectivity index (χ3n) is 4.04. The SMILES string of the molecule is O=C(NCCN1CCc2ccccc2C1)c1ccccc1Cl. The number of hydrogen-bond donors (Lipinski definition) is 1. The number of carbonyl (C=O) groups excluding carboxylic acids is 1. The maximum absolute atomic E-state index is 12.1. The van der Waals surface area contributed by atoms with Crippen molar-refractivity contribution >= 4 is 17.5 Å². The second-order valence-electron chi connectivity index (χ2n) is 5.53. The average molecular weight is 315 g/mol. The van der Waals surface area contributed by atoms with E-state index < -0.39 is 0 Å². The van der Waals surface area contributed by atoms with Crippen molar-refractivity contribution in [3.05, 3.63) is 70.2 Å². The largest absolute Gasteiger partial charge is 0.351 e. The molecule has 0 aliphatic carbocycles. The predicted octanol–water partition coefficient (Wildman–Crippen LogP) is 3.13. The molecule has 1 aliphatic heterocycles. The van der Waals surface area contributed by atoms with Crippen molar-refractivity contribution in [1.82, 2.24) is 10.2 Å². The molecule has 2 aromatic carbocycles. The molecule has 0 aromatic heterocycles. The van der Waals surface area contributed by atoms with Crippen molar-refractivity contribution in [2.24, 2.45) is 0 Å². The number of amides is 1. The Hall–Kier alpha value is -1.84. The second kappa shape index (κ2) is 6.95. The molecule has 114 valence electrons. The van der Waals surface area contributed by atoms with E-state index in [1.165, 1.54) is 11.1 Å². The van der Waals surface area contributed by atoms with Gasteiger partial charge in [-0.2, -0.15) is 0 Å². The van der Waals surface area contributed by atoms with Crippen LogP contribution in [0.4, 0.5) is 0 Å². The van der Waals surface area contributed by atoms with E-state index in [-0.39, 0.29) is 5.91 Å². The van der Waals surface area contributed by atoms with Crippen molar-refractivity contribution < 1.29 is 4.79 Å². The zero-order valence-corrected chi connectivity index (χ0v) is 13.1. The van der Waals surface area contributed by atoms with Crippen LogP contribution in [0.1, 0.15) is 21.5 Å². The van der Waals surface area contributed by atoms with E-state index in [4.69, 9.17) is 11.6 Å². The van der Waals surface area contributed by atoms with Crippen molar-refractivity contribution in [2.45, 2.75) is 13.0 Å². The van der Waals surface area contributed by atoms with Gasteiger partial charge in [-0.05, 0) is 29.7 Å². The lowest BCUT2D eigenvalue weighted by atomic mass is 10.00. The van der Waals surface area contributed by atoms with Gasteiger partial charge in [0.25, 0.3) is 5.91 Å². The molecule has 22 heavy (non-hydrogen) atoms. The van der Waals surface area contributed by atoms with Gasteiger partial charge in [0.05, 0.1) is 10.6 Å². The molecule has 1 heterocycles. The van der Waals surface area contributed by atoms with E-state index in [0.29, 0.717) is 17.1 Å². The maximum Gasteiger partial charge on any atom is 0.252 e. The third-order valence-corrected chi connectivity index (χ3v) is 4.37. The predicted molar refractivity (Wildman–Crippen MR) is 89.2 cm³/mol. The van der Waals surface area contributed by atoms with Gasteiger partial charge in [0.15, 0.2) is 0 Å². The van der Waals surface area contributed by atoms with Gasteiger partial charge in [0.2, 0.25) is 0 Å². The van der Waals surface area contributed by atoms with Crippen LogP contribution in [0.5, 0.6) is 0 Å². The lowest BCUT2D eigenvalue weighted by Gasteiger charge is -2.28. The molecule has 0 fully saturated rings. The summed E-state index contributed by atoms with van der Waals surface area (Å²) in [5.41, 5.74) is 3.37. The van der Waals surface area contributed by atoms with E-state index in [9.17, 15) is 4.79 Å². The van der Waals surface area contributed by atoms with Crippen LogP contribution in [0, 0.1) is 0 Å². The van der Waals surface area contributed by atoms with E-state index >= 15 is 0 Å². The van der Waals surface area contributed by atoms with Crippen molar-refractivity contribution in [1.29, 1.82) is 0 Å². The van der Waals surface area contributed by atoms with Crippen LogP contribution in [0.2, 0.25) is 5.02 Å². The van der Waals surface area contributed by atoms with Crippen molar-refractivity contribution in [2.75, 3.05) is 19.6 Å². The summed E-state index contributed by atoms with van der Waals surface area (Å²) < 4.78 is 0. The first-order chi connectivity index (χ1) is 10.7. The Morgan fingerprint density at radius 2 is 1.82 bits per heavy atom. The minimum absolute atomic E-state index is 0.108. The number of carbonyl (C=O) groups is 1. The van der Waals surface area contributed by atoms with E-state index in [0.717, 1.165) is 26.1 Å². The fourth-order valence-electron chi connectivity index (χ4n) is 2.81. The van der Waals surface area contributed by atoms with Gasteiger partial charge in [-0.15, -0.1) is 0 Å². The smallest absolute Gasteiger partial charge is 0.252 e. The molecule has 1 N–H and O–H groups in total. The highest BCUT2D eigenvalue weighted by Crippen LogP contribution is 2.18. The Labute approximate surface area is 135 Å². The average Bonchev–Trinajstić information content (AvgIpc) is 2.55. The van der Waals surface area contributed by atoms with Crippen LogP contribution in [0.15, 0.2) is 48.5 Å². The molecule has 1 amide bonds. The normalized spacial score (nSPS) is 14.4. The van der Waals surface area contributed by atoms with Crippen LogP contribution in [0.25, 0.3) is 0 Å². The van der Waals surface area contributed by atoms with Gasteiger partial charge in [-0.1, -0.05) is 48.0 Å². The summed E-state index contributed by atoms with van der Waals surface area (Å²) in [6.07, 6.45) is 1.08. The molecule has 0 atom stereocenters. The zero-order valence-electron chi connectivity index (χ0n) is 12.4. The highest BCUT2D eigenvalue weighted by Gasteiger charge is 2.15. The highest BCUT2D eigenvalue weighted by molar-refractivity contribution is 6.33. The summed E-state index contributed by atoms with van der Waals surface area (Å²) in [7, 11) is 0. The topological polar surface area (TPSA) is 32.3 Å². The van der Waals surface area contributed by atoms with E-state index in [1.807, 2.05) is 12.1 Å². The Bertz CT molecular complexity index is 672.